The molecule has 98 valence electrons. The molecular formula is C14H18ClNO2. The molecule has 1 heterocycles. The molecule has 0 aromatic heterocycles. The molecule has 1 saturated heterocycles. The summed E-state index contributed by atoms with van der Waals surface area (Å²) in [6, 6.07) is 6.42. The standard InChI is InChI=1S/C14H18ClNO2/c15-11-2-3-12-10(7-11)1-4-13(12)16-8-14(17)5-6-18-9-14/h2-3,7,13,16-17H,1,4-6,8-9H2. The molecule has 18 heavy (non-hydrogen) atoms. The lowest BCUT2D eigenvalue weighted by molar-refractivity contribution is 0.0248. The van der Waals surface area contributed by atoms with Gasteiger partial charge in [-0.25, -0.2) is 0 Å². The van der Waals surface area contributed by atoms with E-state index >= 15 is 0 Å². The predicted molar refractivity (Wildman–Crippen MR) is 70.9 cm³/mol. The first kappa shape index (κ1) is 12.4. The molecule has 1 aliphatic heterocycles. The van der Waals surface area contributed by atoms with Crippen LogP contribution in [0.15, 0.2) is 18.2 Å². The van der Waals surface area contributed by atoms with Gasteiger partial charge in [-0.1, -0.05) is 17.7 Å². The first-order chi connectivity index (χ1) is 8.66. The van der Waals surface area contributed by atoms with Crippen molar-refractivity contribution in [2.75, 3.05) is 19.8 Å². The third kappa shape index (κ3) is 2.41. The first-order valence-corrected chi connectivity index (χ1v) is 6.86. The molecule has 0 spiro atoms. The second-order valence-corrected chi connectivity index (χ2v) is 5.78. The molecule has 1 aromatic carbocycles. The Balaban J connectivity index is 1.66. The maximum atomic E-state index is 10.2. The average Bonchev–Trinajstić information content (AvgIpc) is 2.93. The third-order valence-corrected chi connectivity index (χ3v) is 4.18. The van der Waals surface area contributed by atoms with Crippen molar-refractivity contribution >= 4 is 11.6 Å². The summed E-state index contributed by atoms with van der Waals surface area (Å²) in [4.78, 5) is 0. The van der Waals surface area contributed by atoms with Crippen molar-refractivity contribution in [1.29, 1.82) is 0 Å². The highest BCUT2D eigenvalue weighted by Crippen LogP contribution is 2.33. The van der Waals surface area contributed by atoms with Crippen LogP contribution in [0.4, 0.5) is 0 Å². The van der Waals surface area contributed by atoms with Crippen LogP contribution in [0.3, 0.4) is 0 Å². The zero-order valence-corrected chi connectivity index (χ0v) is 11.0. The highest BCUT2D eigenvalue weighted by atomic mass is 35.5. The van der Waals surface area contributed by atoms with Gasteiger partial charge < -0.3 is 15.2 Å². The van der Waals surface area contributed by atoms with Gasteiger partial charge in [0, 0.05) is 30.6 Å². The maximum absolute atomic E-state index is 10.2. The number of aliphatic hydroxyl groups is 1. The Morgan fingerprint density at radius 2 is 2.39 bits per heavy atom. The van der Waals surface area contributed by atoms with Crippen molar-refractivity contribution in [2.45, 2.75) is 30.9 Å². The fourth-order valence-electron chi connectivity index (χ4n) is 2.85. The zero-order valence-electron chi connectivity index (χ0n) is 10.3. The van der Waals surface area contributed by atoms with E-state index in [-0.39, 0.29) is 0 Å². The lowest BCUT2D eigenvalue weighted by Crippen LogP contribution is -2.42. The monoisotopic (exact) mass is 267 g/mol. The van der Waals surface area contributed by atoms with Crippen LogP contribution in [0.2, 0.25) is 5.02 Å². The molecule has 3 rings (SSSR count). The molecule has 2 unspecified atom stereocenters. The summed E-state index contributed by atoms with van der Waals surface area (Å²) in [5.41, 5.74) is 1.96. The lowest BCUT2D eigenvalue weighted by atomic mass is 10.0. The average molecular weight is 268 g/mol. The van der Waals surface area contributed by atoms with Gasteiger partial charge in [0.1, 0.15) is 5.60 Å². The molecule has 0 amide bonds. The molecule has 4 heteroatoms. The fraction of sp³-hybridized carbons (Fsp3) is 0.571. The molecule has 0 radical (unpaired) electrons. The molecule has 1 fully saturated rings. The van der Waals surface area contributed by atoms with Gasteiger partial charge in [0.15, 0.2) is 0 Å². The zero-order chi connectivity index (χ0) is 12.6. The largest absolute Gasteiger partial charge is 0.386 e. The van der Waals surface area contributed by atoms with Gasteiger partial charge in [0.2, 0.25) is 0 Å². The van der Waals surface area contributed by atoms with E-state index in [0.29, 0.717) is 25.8 Å². The second kappa shape index (κ2) is 4.82. The molecule has 2 aliphatic rings. The summed E-state index contributed by atoms with van der Waals surface area (Å²) in [6.45, 7) is 1.70. The van der Waals surface area contributed by atoms with Gasteiger partial charge in [-0.2, -0.15) is 0 Å². The molecule has 0 saturated carbocycles. The normalized spacial score (nSPS) is 30.7. The minimum atomic E-state index is -0.685. The van der Waals surface area contributed by atoms with Crippen LogP contribution in [-0.2, 0) is 11.2 Å². The summed E-state index contributed by atoms with van der Waals surface area (Å²) >= 11 is 6.00. The summed E-state index contributed by atoms with van der Waals surface area (Å²) in [5, 5.41) is 14.5. The van der Waals surface area contributed by atoms with Crippen molar-refractivity contribution in [3.63, 3.8) is 0 Å². The molecule has 1 aliphatic carbocycles. The number of halogens is 1. The van der Waals surface area contributed by atoms with Crippen LogP contribution in [0, 0.1) is 0 Å². The smallest absolute Gasteiger partial charge is 0.103 e. The van der Waals surface area contributed by atoms with E-state index in [0.717, 1.165) is 24.3 Å². The Kier molecular flexibility index (Phi) is 3.32. The Bertz CT molecular complexity index is 443. The first-order valence-electron chi connectivity index (χ1n) is 6.48. The molecule has 2 atom stereocenters. The fourth-order valence-corrected chi connectivity index (χ4v) is 3.04. The Morgan fingerprint density at radius 3 is 3.17 bits per heavy atom. The van der Waals surface area contributed by atoms with Crippen LogP contribution >= 0.6 is 11.6 Å². The number of benzene rings is 1. The number of hydrogen-bond donors (Lipinski definition) is 2. The van der Waals surface area contributed by atoms with E-state index in [1.807, 2.05) is 12.1 Å². The topological polar surface area (TPSA) is 41.5 Å². The SMILES string of the molecule is OC1(CNC2CCc3cc(Cl)ccc32)CCOC1. The highest BCUT2D eigenvalue weighted by molar-refractivity contribution is 6.30. The van der Waals surface area contributed by atoms with E-state index < -0.39 is 5.60 Å². The number of aryl methyl sites for hydroxylation is 1. The maximum Gasteiger partial charge on any atom is 0.103 e. The van der Waals surface area contributed by atoms with E-state index in [4.69, 9.17) is 16.3 Å². The lowest BCUT2D eigenvalue weighted by Gasteiger charge is -2.24. The van der Waals surface area contributed by atoms with E-state index in [9.17, 15) is 5.11 Å². The highest BCUT2D eigenvalue weighted by Gasteiger charge is 2.33. The molecule has 1 aromatic rings. The van der Waals surface area contributed by atoms with Crippen molar-refractivity contribution < 1.29 is 9.84 Å². The summed E-state index contributed by atoms with van der Waals surface area (Å²) in [6.07, 6.45) is 2.86. The van der Waals surface area contributed by atoms with Gasteiger partial charge in [-0.3, -0.25) is 0 Å². The minimum Gasteiger partial charge on any atom is -0.386 e. The Morgan fingerprint density at radius 1 is 1.50 bits per heavy atom. The number of ether oxygens (including phenoxy) is 1. The van der Waals surface area contributed by atoms with Gasteiger partial charge in [-0.15, -0.1) is 0 Å². The van der Waals surface area contributed by atoms with Crippen molar-refractivity contribution in [1.82, 2.24) is 5.32 Å². The number of hydrogen-bond acceptors (Lipinski definition) is 3. The summed E-state index contributed by atoms with van der Waals surface area (Å²) in [5.74, 6) is 0. The van der Waals surface area contributed by atoms with Crippen LogP contribution in [0.1, 0.15) is 30.0 Å². The van der Waals surface area contributed by atoms with Crippen molar-refractivity contribution in [2.24, 2.45) is 0 Å². The van der Waals surface area contributed by atoms with Crippen molar-refractivity contribution in [3.8, 4) is 0 Å². The number of rotatable bonds is 3. The second-order valence-electron chi connectivity index (χ2n) is 5.34. The third-order valence-electron chi connectivity index (χ3n) is 3.94. The van der Waals surface area contributed by atoms with Crippen LogP contribution < -0.4 is 5.32 Å². The van der Waals surface area contributed by atoms with Gasteiger partial charge >= 0.3 is 0 Å². The van der Waals surface area contributed by atoms with Crippen LogP contribution in [-0.4, -0.2) is 30.5 Å². The van der Waals surface area contributed by atoms with Crippen LogP contribution in [0.25, 0.3) is 0 Å². The summed E-state index contributed by atoms with van der Waals surface area (Å²) in [7, 11) is 0. The number of nitrogens with one attached hydrogen (secondary N) is 1. The Hall–Kier alpha value is -0.610. The molecular weight excluding hydrogens is 250 g/mol. The number of fused-ring (bicyclic) bond motifs is 1. The van der Waals surface area contributed by atoms with Crippen LogP contribution in [0.5, 0.6) is 0 Å². The van der Waals surface area contributed by atoms with E-state index in [1.54, 1.807) is 0 Å². The molecule has 2 N–H and O–H groups in total. The quantitative estimate of drug-likeness (QED) is 0.881. The molecule has 0 bridgehead atoms. The van der Waals surface area contributed by atoms with Gasteiger partial charge in [0.05, 0.1) is 6.61 Å². The molecule has 3 nitrogen and oxygen atoms in total. The Labute approximate surface area is 112 Å². The van der Waals surface area contributed by atoms with E-state index in [2.05, 4.69) is 11.4 Å². The van der Waals surface area contributed by atoms with Gasteiger partial charge in [-0.05, 0) is 36.1 Å². The van der Waals surface area contributed by atoms with Gasteiger partial charge in [0.25, 0.3) is 0 Å². The summed E-state index contributed by atoms with van der Waals surface area (Å²) < 4.78 is 5.25. The minimum absolute atomic E-state index is 0.335. The predicted octanol–water partition coefficient (Wildman–Crippen LogP) is 2.07. The van der Waals surface area contributed by atoms with Crippen molar-refractivity contribution in [3.05, 3.63) is 34.3 Å². The van der Waals surface area contributed by atoms with E-state index in [1.165, 1.54) is 11.1 Å².